The lowest BCUT2D eigenvalue weighted by Gasteiger charge is -2.19. The molecule has 3 rings (SSSR count). The summed E-state index contributed by atoms with van der Waals surface area (Å²) >= 11 is 0. The lowest BCUT2D eigenvalue weighted by Crippen LogP contribution is -2.54. The molecular weight excluding hydrogens is 409 g/mol. The molecule has 0 atom stereocenters. The van der Waals surface area contributed by atoms with E-state index in [4.69, 9.17) is 0 Å². The standard InChI is InChI=1S/C24H26N3O3P/c1-3-16-25-22(28)26(17-4-2)24(30)27(23(25)29)18-11-19-31(20-12-7-5-8-13-20)21-14-9-6-10-15-21/h3-10,12-15H,1-2,11,16-19H2. The van der Waals surface area contributed by atoms with Crippen molar-refractivity contribution >= 4 is 18.5 Å². The topological polar surface area (TPSA) is 66.0 Å². The monoisotopic (exact) mass is 435 g/mol. The fraction of sp³-hybridized carbons (Fsp3) is 0.208. The molecule has 0 N–H and O–H groups in total. The zero-order chi connectivity index (χ0) is 22.2. The van der Waals surface area contributed by atoms with Crippen LogP contribution in [0.3, 0.4) is 0 Å². The third-order valence-electron chi connectivity index (χ3n) is 4.91. The van der Waals surface area contributed by atoms with Gasteiger partial charge in [-0.2, -0.15) is 0 Å². The van der Waals surface area contributed by atoms with Gasteiger partial charge in [-0.05, 0) is 31.1 Å². The highest BCUT2D eigenvalue weighted by Gasteiger charge is 2.16. The van der Waals surface area contributed by atoms with Gasteiger partial charge >= 0.3 is 17.1 Å². The van der Waals surface area contributed by atoms with E-state index in [0.29, 0.717) is 6.42 Å². The molecule has 160 valence electrons. The van der Waals surface area contributed by atoms with Crippen molar-refractivity contribution in [1.82, 2.24) is 13.7 Å². The van der Waals surface area contributed by atoms with E-state index in [9.17, 15) is 14.4 Å². The largest absolute Gasteiger partial charge is 0.336 e. The fourth-order valence-electron chi connectivity index (χ4n) is 3.45. The number of aromatic nitrogens is 3. The molecule has 1 aromatic heterocycles. The van der Waals surface area contributed by atoms with Crippen LogP contribution in [0.4, 0.5) is 0 Å². The van der Waals surface area contributed by atoms with E-state index in [1.807, 2.05) is 36.4 Å². The predicted molar refractivity (Wildman–Crippen MR) is 128 cm³/mol. The van der Waals surface area contributed by atoms with Gasteiger partial charge in [0.1, 0.15) is 0 Å². The zero-order valence-corrected chi connectivity index (χ0v) is 18.3. The number of allylic oxidation sites excluding steroid dienone is 2. The van der Waals surface area contributed by atoms with Crippen molar-refractivity contribution in [1.29, 1.82) is 0 Å². The lowest BCUT2D eigenvalue weighted by molar-refractivity contribution is 0.476. The summed E-state index contributed by atoms with van der Waals surface area (Å²) in [4.78, 5) is 38.1. The van der Waals surface area contributed by atoms with Crippen molar-refractivity contribution in [3.63, 3.8) is 0 Å². The molecule has 0 fully saturated rings. The molecule has 0 aliphatic rings. The minimum atomic E-state index is -0.637. The first-order valence-electron chi connectivity index (χ1n) is 10.1. The zero-order valence-electron chi connectivity index (χ0n) is 17.4. The predicted octanol–water partition coefficient (Wildman–Crippen LogP) is 2.07. The number of benzene rings is 2. The summed E-state index contributed by atoms with van der Waals surface area (Å²) in [5.41, 5.74) is -1.83. The Hall–Kier alpha value is -3.24. The average Bonchev–Trinajstić information content (AvgIpc) is 2.80. The molecule has 0 saturated carbocycles. The van der Waals surface area contributed by atoms with Gasteiger partial charge in [0.05, 0.1) is 13.1 Å². The third-order valence-corrected chi connectivity index (χ3v) is 7.51. The summed E-state index contributed by atoms with van der Waals surface area (Å²) in [6.07, 6.45) is 4.39. The highest BCUT2D eigenvalue weighted by molar-refractivity contribution is 7.73. The first kappa shape index (κ1) is 22.4. The lowest BCUT2D eigenvalue weighted by atomic mass is 10.4. The summed E-state index contributed by atoms with van der Waals surface area (Å²) in [5, 5.41) is 2.49. The maximum Gasteiger partial charge on any atom is 0.336 e. The Morgan fingerprint density at radius 1 is 0.677 bits per heavy atom. The molecule has 0 aliphatic heterocycles. The number of nitrogens with zero attached hydrogens (tertiary/aromatic N) is 3. The van der Waals surface area contributed by atoms with E-state index in [2.05, 4.69) is 37.4 Å². The molecule has 0 spiro atoms. The van der Waals surface area contributed by atoms with Gasteiger partial charge in [-0.25, -0.2) is 28.1 Å². The summed E-state index contributed by atoms with van der Waals surface area (Å²) < 4.78 is 3.22. The maximum atomic E-state index is 12.8. The smallest absolute Gasteiger partial charge is 0.247 e. The van der Waals surface area contributed by atoms with Gasteiger partial charge in [0.25, 0.3) is 0 Å². The van der Waals surface area contributed by atoms with Crippen molar-refractivity contribution in [3.05, 3.63) is 117 Å². The van der Waals surface area contributed by atoms with E-state index in [-0.39, 0.29) is 19.6 Å². The third kappa shape index (κ3) is 5.09. The van der Waals surface area contributed by atoms with Crippen molar-refractivity contribution in [2.24, 2.45) is 0 Å². The van der Waals surface area contributed by atoms with Gasteiger partial charge in [-0.1, -0.05) is 72.8 Å². The SMILES string of the molecule is C=CCn1c(=O)n(CC=C)c(=O)n(CCCP(c2ccccc2)c2ccccc2)c1=O. The van der Waals surface area contributed by atoms with Crippen LogP contribution in [0, 0.1) is 0 Å². The number of hydrogen-bond acceptors (Lipinski definition) is 3. The van der Waals surface area contributed by atoms with Crippen LogP contribution in [-0.4, -0.2) is 19.9 Å². The molecule has 0 radical (unpaired) electrons. The van der Waals surface area contributed by atoms with Crippen molar-refractivity contribution in [2.45, 2.75) is 26.1 Å². The summed E-state index contributed by atoms with van der Waals surface area (Å²) in [5.74, 6) is 0. The van der Waals surface area contributed by atoms with Crippen LogP contribution in [0.25, 0.3) is 0 Å². The second-order valence-corrected chi connectivity index (χ2v) is 9.31. The Bertz CT molecular complexity index is 1120. The molecule has 0 unspecified atom stereocenters. The molecule has 3 aromatic rings. The molecule has 0 saturated heterocycles. The molecule has 0 amide bonds. The Morgan fingerprint density at radius 3 is 1.52 bits per heavy atom. The molecule has 31 heavy (non-hydrogen) atoms. The molecule has 7 heteroatoms. The van der Waals surface area contributed by atoms with Gasteiger partial charge < -0.3 is 0 Å². The summed E-state index contributed by atoms with van der Waals surface area (Å²) in [7, 11) is -0.626. The molecule has 0 bridgehead atoms. The molecule has 6 nitrogen and oxygen atoms in total. The maximum absolute atomic E-state index is 12.8. The fourth-order valence-corrected chi connectivity index (χ4v) is 5.79. The van der Waals surface area contributed by atoms with Crippen molar-refractivity contribution in [2.75, 3.05) is 6.16 Å². The van der Waals surface area contributed by atoms with Gasteiger partial charge in [0, 0.05) is 6.54 Å². The first-order valence-corrected chi connectivity index (χ1v) is 11.6. The Morgan fingerprint density at radius 2 is 1.10 bits per heavy atom. The van der Waals surface area contributed by atoms with Crippen LogP contribution in [0.15, 0.2) is 100 Å². The van der Waals surface area contributed by atoms with Gasteiger partial charge in [-0.3, -0.25) is 0 Å². The minimum Gasteiger partial charge on any atom is -0.247 e. The summed E-state index contributed by atoms with van der Waals surface area (Å²) in [6, 6.07) is 20.6. The Kier molecular flexibility index (Phi) is 7.74. The van der Waals surface area contributed by atoms with Gasteiger partial charge in [0.15, 0.2) is 0 Å². The first-order chi connectivity index (χ1) is 15.1. The molecule has 1 heterocycles. The van der Waals surface area contributed by atoms with Crippen LogP contribution in [0.2, 0.25) is 0 Å². The molecular formula is C24H26N3O3P. The quantitative estimate of drug-likeness (QED) is 0.362. The van der Waals surface area contributed by atoms with Crippen LogP contribution in [-0.2, 0) is 19.6 Å². The minimum absolute atomic E-state index is 0.0514. The summed E-state index contributed by atoms with van der Waals surface area (Å²) in [6.45, 7) is 7.55. The van der Waals surface area contributed by atoms with Crippen molar-refractivity contribution in [3.8, 4) is 0 Å². The van der Waals surface area contributed by atoms with Gasteiger partial charge in [-0.15, -0.1) is 13.2 Å². The number of rotatable bonds is 10. The van der Waals surface area contributed by atoms with E-state index in [0.717, 1.165) is 19.9 Å². The average molecular weight is 435 g/mol. The Balaban J connectivity index is 1.91. The molecule has 2 aromatic carbocycles. The highest BCUT2D eigenvalue weighted by atomic mass is 31.1. The van der Waals surface area contributed by atoms with Crippen LogP contribution in [0.5, 0.6) is 0 Å². The normalized spacial score (nSPS) is 10.9. The van der Waals surface area contributed by atoms with E-state index in [1.54, 1.807) is 0 Å². The Labute approximate surface area is 182 Å². The second kappa shape index (κ2) is 10.7. The van der Waals surface area contributed by atoms with Crippen LogP contribution < -0.4 is 27.7 Å². The van der Waals surface area contributed by atoms with Crippen LogP contribution in [0.1, 0.15) is 6.42 Å². The second-order valence-electron chi connectivity index (χ2n) is 6.97. The highest BCUT2D eigenvalue weighted by Crippen LogP contribution is 2.34. The van der Waals surface area contributed by atoms with Crippen LogP contribution >= 0.6 is 7.92 Å². The molecule has 0 aliphatic carbocycles. The van der Waals surface area contributed by atoms with E-state index >= 15 is 0 Å². The van der Waals surface area contributed by atoms with E-state index < -0.39 is 25.0 Å². The van der Waals surface area contributed by atoms with Gasteiger partial charge in [0.2, 0.25) is 0 Å². The van der Waals surface area contributed by atoms with Crippen molar-refractivity contribution < 1.29 is 0 Å². The number of hydrogen-bond donors (Lipinski definition) is 0. The van der Waals surface area contributed by atoms with E-state index in [1.165, 1.54) is 22.8 Å².